The molecule has 50 heavy (non-hydrogen) atoms. The van der Waals surface area contributed by atoms with E-state index in [0.29, 0.717) is 0 Å². The number of hydrogen-bond donors (Lipinski definition) is 0. The van der Waals surface area contributed by atoms with Crippen LogP contribution in [-0.2, 0) is 0 Å². The van der Waals surface area contributed by atoms with E-state index in [1.165, 1.54) is 0 Å². The molecule has 5 heterocycles. The Morgan fingerprint density at radius 2 is 1.02 bits per heavy atom. The molecule has 0 aliphatic rings. The summed E-state index contributed by atoms with van der Waals surface area (Å²) in [7, 11) is 0. The third-order valence-electron chi connectivity index (χ3n) is 9.65. The molecule has 0 amide bonds. The van der Waals surface area contributed by atoms with E-state index in [2.05, 4.69) is 148 Å². The van der Waals surface area contributed by atoms with Gasteiger partial charge in [-0.15, -0.1) is 0 Å². The molecule has 0 spiro atoms. The minimum atomic E-state index is 0.918. The van der Waals surface area contributed by atoms with Crippen molar-refractivity contribution in [2.24, 2.45) is 0 Å². The predicted octanol–water partition coefficient (Wildman–Crippen LogP) is 11.1. The summed E-state index contributed by atoms with van der Waals surface area (Å²) >= 11 is 0. The Kier molecular flexibility index (Phi) is 6.42. The van der Waals surface area contributed by atoms with Gasteiger partial charge in [-0.25, -0.2) is 9.97 Å². The van der Waals surface area contributed by atoms with Crippen molar-refractivity contribution in [1.82, 2.24) is 24.9 Å². The van der Waals surface area contributed by atoms with E-state index < -0.39 is 0 Å². The highest BCUT2D eigenvalue weighted by Crippen LogP contribution is 2.34. The van der Waals surface area contributed by atoms with Crippen molar-refractivity contribution >= 4 is 54.4 Å². The van der Waals surface area contributed by atoms with Gasteiger partial charge in [0.05, 0.1) is 33.5 Å². The zero-order valence-electron chi connectivity index (χ0n) is 26.8. The summed E-state index contributed by atoms with van der Waals surface area (Å²) in [5.41, 5.74) is 12.3. The van der Waals surface area contributed by atoms with E-state index in [-0.39, 0.29) is 0 Å². The van der Waals surface area contributed by atoms with Crippen molar-refractivity contribution in [1.29, 1.82) is 0 Å². The monoisotopic (exact) mass is 637 g/mol. The molecule has 5 aromatic carbocycles. The molecular weight excluding hydrogens is 611 g/mol. The van der Waals surface area contributed by atoms with Crippen molar-refractivity contribution in [3.63, 3.8) is 0 Å². The fourth-order valence-corrected chi connectivity index (χ4v) is 7.08. The Bertz CT molecular complexity index is 2930. The molecule has 10 rings (SSSR count). The van der Waals surface area contributed by atoms with Crippen LogP contribution in [-0.4, -0.2) is 24.9 Å². The van der Waals surface area contributed by atoms with E-state index in [1.54, 1.807) is 0 Å². The zero-order valence-corrected chi connectivity index (χ0v) is 26.8. The van der Waals surface area contributed by atoms with Gasteiger partial charge in [0.2, 0.25) is 0 Å². The van der Waals surface area contributed by atoms with E-state index in [4.69, 9.17) is 9.97 Å². The van der Waals surface area contributed by atoms with Crippen molar-refractivity contribution < 1.29 is 0 Å². The molecule has 5 nitrogen and oxygen atoms in total. The first-order valence-electron chi connectivity index (χ1n) is 16.6. The van der Waals surface area contributed by atoms with Gasteiger partial charge in [0.15, 0.2) is 0 Å². The normalized spacial score (nSPS) is 11.6. The number of fused-ring (bicyclic) bond motifs is 6. The molecule has 0 bridgehead atoms. The van der Waals surface area contributed by atoms with Crippen LogP contribution in [0.3, 0.4) is 0 Å². The average molecular weight is 638 g/mol. The summed E-state index contributed by atoms with van der Waals surface area (Å²) in [4.78, 5) is 23.8. The average Bonchev–Trinajstić information content (AvgIpc) is 3.19. The van der Waals surface area contributed by atoms with Crippen LogP contribution in [0.5, 0.6) is 0 Å². The summed E-state index contributed by atoms with van der Waals surface area (Å²) in [6, 6.07) is 48.8. The van der Waals surface area contributed by atoms with Crippen LogP contribution in [0.2, 0.25) is 0 Å². The van der Waals surface area contributed by atoms with Crippen LogP contribution in [0, 0.1) is 0 Å². The minimum Gasteiger partial charge on any atom is -0.264 e. The molecule has 5 aromatic heterocycles. The van der Waals surface area contributed by atoms with Gasteiger partial charge in [-0.2, -0.15) is 0 Å². The lowest BCUT2D eigenvalue weighted by molar-refractivity contribution is 1.36. The number of aromatic nitrogens is 5. The third-order valence-corrected chi connectivity index (χ3v) is 9.65. The molecule has 0 radical (unpaired) electrons. The van der Waals surface area contributed by atoms with Gasteiger partial charge in [-0.1, -0.05) is 97.1 Å². The molecule has 10 aromatic rings. The first kappa shape index (κ1) is 28.2. The molecule has 5 heteroatoms. The highest BCUT2D eigenvalue weighted by molar-refractivity contribution is 6.08. The lowest BCUT2D eigenvalue weighted by Crippen LogP contribution is -1.90. The van der Waals surface area contributed by atoms with Crippen molar-refractivity contribution in [3.8, 4) is 44.8 Å². The maximum Gasteiger partial charge on any atom is 0.0970 e. The number of pyridine rings is 5. The number of benzene rings is 5. The third kappa shape index (κ3) is 4.75. The summed E-state index contributed by atoms with van der Waals surface area (Å²) < 4.78 is 0. The Morgan fingerprint density at radius 1 is 0.360 bits per heavy atom. The number of nitrogens with zero attached hydrogens (tertiary/aromatic N) is 5. The predicted molar refractivity (Wildman–Crippen MR) is 205 cm³/mol. The standard InChI is InChI=1S/C45H27N5/c1-3-35-27-46-23-20-37(35)38(5-1)41-19-16-31-11-13-34(26-43(31)50-41)33-12-10-30-15-18-40(49-42(30)25-33)29-8-6-28(7-9-29)36-21-24-48-45-39(36)17-14-32-4-2-22-47-44(32)45/h1-27H. The van der Waals surface area contributed by atoms with Crippen molar-refractivity contribution in [3.05, 3.63) is 164 Å². The topological polar surface area (TPSA) is 64.5 Å². The van der Waals surface area contributed by atoms with Gasteiger partial charge in [-0.3, -0.25) is 15.0 Å². The van der Waals surface area contributed by atoms with E-state index in [9.17, 15) is 0 Å². The van der Waals surface area contributed by atoms with E-state index >= 15 is 0 Å². The highest BCUT2D eigenvalue weighted by Gasteiger charge is 2.11. The first-order valence-corrected chi connectivity index (χ1v) is 16.6. The van der Waals surface area contributed by atoms with Gasteiger partial charge in [-0.05, 0) is 70.1 Å². The highest BCUT2D eigenvalue weighted by atomic mass is 14.7. The number of hydrogen-bond acceptors (Lipinski definition) is 5. The lowest BCUT2D eigenvalue weighted by Gasteiger charge is -2.10. The van der Waals surface area contributed by atoms with Gasteiger partial charge in [0.25, 0.3) is 0 Å². The molecule has 0 N–H and O–H groups in total. The summed E-state index contributed by atoms with van der Waals surface area (Å²) in [6.07, 6.45) is 7.43. The number of rotatable bonds is 4. The van der Waals surface area contributed by atoms with E-state index in [0.717, 1.165) is 99.2 Å². The van der Waals surface area contributed by atoms with Crippen LogP contribution in [0.25, 0.3) is 99.2 Å². The van der Waals surface area contributed by atoms with Gasteiger partial charge >= 0.3 is 0 Å². The van der Waals surface area contributed by atoms with Gasteiger partial charge in [0.1, 0.15) is 0 Å². The lowest BCUT2D eigenvalue weighted by atomic mass is 9.98. The van der Waals surface area contributed by atoms with Crippen LogP contribution in [0.4, 0.5) is 0 Å². The summed E-state index contributed by atoms with van der Waals surface area (Å²) in [5.74, 6) is 0. The largest absolute Gasteiger partial charge is 0.264 e. The minimum absolute atomic E-state index is 0.918. The van der Waals surface area contributed by atoms with Crippen molar-refractivity contribution in [2.45, 2.75) is 0 Å². The smallest absolute Gasteiger partial charge is 0.0970 e. The molecule has 232 valence electrons. The fourth-order valence-electron chi connectivity index (χ4n) is 7.08. The first-order chi connectivity index (χ1) is 24.7. The Balaban J connectivity index is 0.987. The van der Waals surface area contributed by atoms with Crippen molar-refractivity contribution in [2.75, 3.05) is 0 Å². The second-order valence-corrected chi connectivity index (χ2v) is 12.6. The van der Waals surface area contributed by atoms with Gasteiger partial charge in [0, 0.05) is 62.8 Å². The second kappa shape index (κ2) is 11.4. The maximum absolute atomic E-state index is 5.12. The molecule has 0 saturated carbocycles. The zero-order chi connectivity index (χ0) is 33.0. The fraction of sp³-hybridized carbons (Fsp3) is 0. The van der Waals surface area contributed by atoms with E-state index in [1.807, 2.05) is 30.9 Å². The molecule has 0 aliphatic heterocycles. The van der Waals surface area contributed by atoms with Crippen LogP contribution >= 0.6 is 0 Å². The molecule has 0 atom stereocenters. The van der Waals surface area contributed by atoms with Crippen LogP contribution in [0.15, 0.2) is 164 Å². The Hall–Kier alpha value is -6.85. The SMILES string of the molecule is c1cc(-c2ccc3ccc(-c4ccc5ccc(-c6ccc(-c7ccnc8c7ccc7cccnc78)cc6)nc5c4)cc3n2)c2ccncc2c1. The summed E-state index contributed by atoms with van der Waals surface area (Å²) in [5, 5.41) is 6.64. The Labute approximate surface area is 287 Å². The second-order valence-electron chi connectivity index (χ2n) is 12.6. The molecule has 0 aliphatic carbocycles. The maximum atomic E-state index is 5.12. The molecule has 0 fully saturated rings. The molecule has 0 saturated heterocycles. The Morgan fingerprint density at radius 3 is 1.84 bits per heavy atom. The van der Waals surface area contributed by atoms with Crippen LogP contribution < -0.4 is 0 Å². The quantitative estimate of drug-likeness (QED) is 0.180. The molecular formula is C45H27N5. The molecule has 0 unspecified atom stereocenters. The summed E-state index contributed by atoms with van der Waals surface area (Å²) in [6.45, 7) is 0. The van der Waals surface area contributed by atoms with Crippen LogP contribution in [0.1, 0.15) is 0 Å². The van der Waals surface area contributed by atoms with Gasteiger partial charge < -0.3 is 0 Å².